The number of β-amino-alcohol motifs (C(OH)–C–C–N with tert-alkyl or cyclic N) is 1. The summed E-state index contributed by atoms with van der Waals surface area (Å²) < 4.78 is 26.6. The molecule has 2 rings (SSSR count). The Kier molecular flexibility index (Phi) is 7.25. The number of nitrogens with zero attached hydrogens (tertiary/aromatic N) is 5. The van der Waals surface area contributed by atoms with E-state index in [1.54, 1.807) is 6.20 Å². The normalized spacial score (nSPS) is 21.1. The van der Waals surface area contributed by atoms with Crippen LogP contribution < -0.4 is 5.32 Å². The number of likely N-dealkylation sites (tertiary alicyclic amines) is 1. The number of aliphatic hydroxyl groups is 1. The summed E-state index contributed by atoms with van der Waals surface area (Å²) in [5.41, 5.74) is -0.120. The maximum absolute atomic E-state index is 13.4. The second kappa shape index (κ2) is 8.98. The Morgan fingerprint density at radius 1 is 1.37 bits per heavy atom. The van der Waals surface area contributed by atoms with Crippen LogP contribution >= 0.6 is 0 Å². The van der Waals surface area contributed by atoms with Gasteiger partial charge in [0.25, 0.3) is 0 Å². The highest BCUT2D eigenvalue weighted by molar-refractivity contribution is 7.89. The van der Waals surface area contributed by atoms with Gasteiger partial charge < -0.3 is 15.3 Å². The van der Waals surface area contributed by atoms with Gasteiger partial charge in [0.15, 0.2) is 0 Å². The number of nitrogens with one attached hydrogen (secondary N) is 1. The topological polar surface area (TPSA) is 138 Å². The average molecular weight is 445 g/mol. The summed E-state index contributed by atoms with van der Waals surface area (Å²) in [7, 11) is 1.04. The summed E-state index contributed by atoms with van der Waals surface area (Å²) in [6, 6.07) is -1.53. The van der Waals surface area contributed by atoms with Gasteiger partial charge in [-0.3, -0.25) is 9.59 Å². The number of likely N-dealkylation sites (N-methyl/N-ethyl adjacent to an activating group) is 1. The van der Waals surface area contributed by atoms with Gasteiger partial charge in [0.1, 0.15) is 12.1 Å². The number of carbonyl (C=O) groups excluding carboxylic acids is 2. The van der Waals surface area contributed by atoms with Crippen LogP contribution in [0.5, 0.6) is 0 Å². The minimum atomic E-state index is -3.38. The van der Waals surface area contributed by atoms with Gasteiger partial charge >= 0.3 is 0 Å². The van der Waals surface area contributed by atoms with E-state index in [1.165, 1.54) is 30.7 Å². The van der Waals surface area contributed by atoms with Crippen LogP contribution in [0.3, 0.4) is 0 Å². The zero-order valence-corrected chi connectivity index (χ0v) is 19.2. The fourth-order valence-corrected chi connectivity index (χ4v) is 4.31. The molecule has 2 amide bonds. The molecule has 12 heteroatoms. The molecule has 0 aliphatic carbocycles. The molecule has 1 fully saturated rings. The second-order valence-corrected chi connectivity index (χ2v) is 11.1. The molecule has 0 bridgehead atoms. The lowest BCUT2D eigenvalue weighted by Gasteiger charge is -2.34. The van der Waals surface area contributed by atoms with Crippen molar-refractivity contribution in [3.63, 3.8) is 0 Å². The fourth-order valence-electron chi connectivity index (χ4n) is 3.48. The zero-order chi connectivity index (χ0) is 22.9. The molecule has 0 spiro atoms. The van der Waals surface area contributed by atoms with E-state index in [-0.39, 0.29) is 37.0 Å². The number of aliphatic hydroxyl groups excluding tert-OH is 1. The Balaban J connectivity index is 2.28. The Morgan fingerprint density at radius 2 is 2.00 bits per heavy atom. The number of amides is 2. The van der Waals surface area contributed by atoms with Gasteiger partial charge in [0.2, 0.25) is 21.8 Å². The van der Waals surface area contributed by atoms with Crippen molar-refractivity contribution in [1.29, 1.82) is 0 Å². The van der Waals surface area contributed by atoms with E-state index >= 15 is 0 Å². The third-order valence-corrected chi connectivity index (χ3v) is 6.99. The minimum Gasteiger partial charge on any atom is -0.391 e. The highest BCUT2D eigenvalue weighted by atomic mass is 32.2. The summed E-state index contributed by atoms with van der Waals surface area (Å²) in [6.07, 6.45) is 1.13. The first-order valence-electron chi connectivity index (χ1n) is 9.79. The Bertz CT molecular complexity index is 876. The summed E-state index contributed by atoms with van der Waals surface area (Å²) >= 11 is 0. The number of hydrogen-bond acceptors (Lipinski definition) is 7. The van der Waals surface area contributed by atoms with Crippen LogP contribution in [0.2, 0.25) is 0 Å². The first-order chi connectivity index (χ1) is 13.8. The van der Waals surface area contributed by atoms with Gasteiger partial charge in [-0.2, -0.15) is 0 Å². The number of aryl methyl sites for hydroxylation is 1. The molecule has 11 nitrogen and oxygen atoms in total. The smallest absolute Gasteiger partial charge is 0.248 e. The zero-order valence-electron chi connectivity index (χ0n) is 18.4. The Morgan fingerprint density at radius 3 is 2.53 bits per heavy atom. The van der Waals surface area contributed by atoms with Crippen LogP contribution in [0.25, 0.3) is 0 Å². The number of carbonyl (C=O) groups is 2. The van der Waals surface area contributed by atoms with E-state index in [4.69, 9.17) is 0 Å². The third kappa shape index (κ3) is 5.35. The van der Waals surface area contributed by atoms with E-state index in [0.717, 1.165) is 4.31 Å². The Labute approximate surface area is 177 Å². The summed E-state index contributed by atoms with van der Waals surface area (Å²) in [4.78, 5) is 27.0. The van der Waals surface area contributed by atoms with Gasteiger partial charge in [0, 0.05) is 46.7 Å². The van der Waals surface area contributed by atoms with Crippen LogP contribution in [-0.4, -0.2) is 95.1 Å². The molecule has 1 aromatic rings. The van der Waals surface area contributed by atoms with Gasteiger partial charge in [0.05, 0.1) is 17.6 Å². The highest BCUT2D eigenvalue weighted by Crippen LogP contribution is 2.34. The molecule has 2 N–H and O–H groups in total. The molecule has 1 saturated heterocycles. The summed E-state index contributed by atoms with van der Waals surface area (Å²) in [6.45, 7) is 5.67. The van der Waals surface area contributed by atoms with Crippen molar-refractivity contribution in [2.75, 3.05) is 33.4 Å². The minimum absolute atomic E-state index is 0.0616. The van der Waals surface area contributed by atoms with Crippen molar-refractivity contribution < 1.29 is 23.1 Å². The van der Waals surface area contributed by atoms with Gasteiger partial charge in [-0.15, -0.1) is 5.10 Å². The average Bonchev–Trinajstić information content (AvgIpc) is 3.24. The lowest BCUT2D eigenvalue weighted by atomic mass is 9.85. The quantitative estimate of drug-likeness (QED) is 0.550. The van der Waals surface area contributed by atoms with Crippen LogP contribution in [0.1, 0.15) is 38.9 Å². The standard InChI is InChI=1S/C18H32N6O5S/c1-18(2,3)15(17(27)23-11-13(25)9-14(23)16(26)19-4)24-10-12(20-21-24)7-8-30(28,29)22(5)6/h10,13-15,25H,7-9,11H2,1-6H3,(H,19,26)/t13?,14?,15-/m1/s1. The fraction of sp³-hybridized carbons (Fsp3) is 0.778. The van der Waals surface area contributed by atoms with Crippen LogP contribution in [0, 0.1) is 5.41 Å². The first-order valence-corrected chi connectivity index (χ1v) is 11.4. The van der Waals surface area contributed by atoms with Gasteiger partial charge in [-0.1, -0.05) is 26.0 Å². The van der Waals surface area contributed by atoms with E-state index < -0.39 is 33.6 Å². The molecule has 30 heavy (non-hydrogen) atoms. The maximum atomic E-state index is 13.4. The summed E-state index contributed by atoms with van der Waals surface area (Å²) in [5, 5.41) is 20.7. The van der Waals surface area contributed by atoms with Crippen molar-refractivity contribution >= 4 is 21.8 Å². The molecular formula is C18H32N6O5S. The van der Waals surface area contributed by atoms with Crippen molar-refractivity contribution in [3.05, 3.63) is 11.9 Å². The number of rotatable bonds is 7. The largest absolute Gasteiger partial charge is 0.391 e. The second-order valence-electron chi connectivity index (χ2n) is 8.82. The van der Waals surface area contributed by atoms with Crippen LogP contribution in [0.15, 0.2) is 6.20 Å². The van der Waals surface area contributed by atoms with Crippen LogP contribution in [-0.2, 0) is 26.0 Å². The molecule has 1 aliphatic rings. The van der Waals surface area contributed by atoms with Crippen molar-refractivity contribution in [2.45, 2.75) is 51.8 Å². The molecule has 0 aromatic carbocycles. The van der Waals surface area contributed by atoms with E-state index in [9.17, 15) is 23.1 Å². The van der Waals surface area contributed by atoms with Crippen molar-refractivity contribution in [2.24, 2.45) is 5.41 Å². The molecule has 1 aliphatic heterocycles. The third-order valence-electron chi connectivity index (χ3n) is 5.16. The monoisotopic (exact) mass is 444 g/mol. The van der Waals surface area contributed by atoms with Gasteiger partial charge in [-0.05, 0) is 5.41 Å². The molecule has 0 radical (unpaired) electrons. The number of hydrogen-bond donors (Lipinski definition) is 2. The molecular weight excluding hydrogens is 412 g/mol. The maximum Gasteiger partial charge on any atom is 0.248 e. The Hall–Kier alpha value is -2.05. The SMILES string of the molecule is CNC(=O)C1CC(O)CN1C(=O)[C@@H](n1cc(CCS(=O)(=O)N(C)C)nn1)C(C)(C)C. The molecule has 2 heterocycles. The van der Waals surface area contributed by atoms with E-state index in [0.29, 0.717) is 5.69 Å². The van der Waals surface area contributed by atoms with Crippen molar-refractivity contribution in [3.8, 4) is 0 Å². The molecule has 1 aromatic heterocycles. The molecule has 2 unspecified atom stereocenters. The number of aromatic nitrogens is 3. The molecule has 170 valence electrons. The summed E-state index contributed by atoms with van der Waals surface area (Å²) in [5.74, 6) is -0.796. The predicted octanol–water partition coefficient (Wildman–Crippen LogP) is -0.993. The molecule has 0 saturated carbocycles. The van der Waals surface area contributed by atoms with Crippen LogP contribution in [0.4, 0.5) is 0 Å². The highest BCUT2D eigenvalue weighted by Gasteiger charge is 2.45. The lowest BCUT2D eigenvalue weighted by Crippen LogP contribution is -2.49. The number of sulfonamides is 1. The van der Waals surface area contributed by atoms with Crippen molar-refractivity contribution in [1.82, 2.24) is 29.5 Å². The van der Waals surface area contributed by atoms with E-state index in [1.807, 2.05) is 20.8 Å². The molecule has 3 atom stereocenters. The van der Waals surface area contributed by atoms with Gasteiger partial charge in [-0.25, -0.2) is 17.4 Å². The predicted molar refractivity (Wildman–Crippen MR) is 110 cm³/mol. The lowest BCUT2D eigenvalue weighted by molar-refractivity contribution is -0.144. The van der Waals surface area contributed by atoms with E-state index in [2.05, 4.69) is 15.6 Å². The first kappa shape index (κ1) is 24.2.